The van der Waals surface area contributed by atoms with Crippen LogP contribution < -0.4 is 16.6 Å². The molecule has 4 N–H and O–H groups in total. The van der Waals surface area contributed by atoms with Crippen molar-refractivity contribution in [2.24, 2.45) is 0 Å². The monoisotopic (exact) mass is 184 g/mol. The fraction of sp³-hybridized carbons (Fsp3) is 0.429. The van der Waals surface area contributed by atoms with Gasteiger partial charge in [-0.25, -0.2) is 0 Å². The SMILES string of the molecule is COCCNc1cc(=O)[nH]c(N)n1. The van der Waals surface area contributed by atoms with Crippen LogP contribution in [0.25, 0.3) is 0 Å². The molecule has 6 heteroatoms. The number of ether oxygens (including phenoxy) is 1. The largest absolute Gasteiger partial charge is 0.383 e. The van der Waals surface area contributed by atoms with Crippen LogP contribution in [0.3, 0.4) is 0 Å². The molecule has 1 aromatic rings. The Hall–Kier alpha value is -1.56. The number of nitrogens with zero attached hydrogens (tertiary/aromatic N) is 1. The Kier molecular flexibility index (Phi) is 3.27. The highest BCUT2D eigenvalue weighted by atomic mass is 16.5. The van der Waals surface area contributed by atoms with E-state index in [1.807, 2.05) is 0 Å². The van der Waals surface area contributed by atoms with Crippen LogP contribution in [0, 0.1) is 0 Å². The van der Waals surface area contributed by atoms with E-state index in [0.29, 0.717) is 19.0 Å². The zero-order chi connectivity index (χ0) is 9.68. The smallest absolute Gasteiger partial charge is 0.254 e. The van der Waals surface area contributed by atoms with E-state index in [1.165, 1.54) is 6.07 Å². The maximum Gasteiger partial charge on any atom is 0.254 e. The molecule has 0 saturated carbocycles. The van der Waals surface area contributed by atoms with E-state index >= 15 is 0 Å². The van der Waals surface area contributed by atoms with Crippen LogP contribution in [0.1, 0.15) is 0 Å². The highest BCUT2D eigenvalue weighted by molar-refractivity contribution is 5.37. The summed E-state index contributed by atoms with van der Waals surface area (Å²) in [6.07, 6.45) is 0. The summed E-state index contributed by atoms with van der Waals surface area (Å²) in [5, 5.41) is 2.89. The first-order valence-corrected chi connectivity index (χ1v) is 3.82. The topological polar surface area (TPSA) is 93.0 Å². The molecule has 0 aliphatic heterocycles. The summed E-state index contributed by atoms with van der Waals surface area (Å²) >= 11 is 0. The van der Waals surface area contributed by atoms with Gasteiger partial charge < -0.3 is 15.8 Å². The van der Waals surface area contributed by atoms with Gasteiger partial charge in [-0.1, -0.05) is 0 Å². The quantitative estimate of drug-likeness (QED) is 0.544. The Morgan fingerprint density at radius 3 is 3.15 bits per heavy atom. The number of aromatic amines is 1. The maximum atomic E-state index is 10.9. The first-order chi connectivity index (χ1) is 6.22. The van der Waals surface area contributed by atoms with E-state index in [2.05, 4.69) is 15.3 Å². The lowest BCUT2D eigenvalue weighted by Crippen LogP contribution is -2.15. The summed E-state index contributed by atoms with van der Waals surface area (Å²) in [7, 11) is 1.60. The molecule has 13 heavy (non-hydrogen) atoms. The third-order valence-electron chi connectivity index (χ3n) is 1.37. The number of nitrogens with one attached hydrogen (secondary N) is 2. The Morgan fingerprint density at radius 1 is 1.77 bits per heavy atom. The molecule has 72 valence electrons. The number of H-pyrrole nitrogens is 1. The van der Waals surface area contributed by atoms with Crippen molar-refractivity contribution in [3.8, 4) is 0 Å². The number of methoxy groups -OCH3 is 1. The van der Waals surface area contributed by atoms with Gasteiger partial charge in [0, 0.05) is 19.7 Å². The molecular formula is C7H12N4O2. The zero-order valence-electron chi connectivity index (χ0n) is 7.33. The molecule has 1 heterocycles. The average molecular weight is 184 g/mol. The van der Waals surface area contributed by atoms with E-state index in [1.54, 1.807) is 7.11 Å². The van der Waals surface area contributed by atoms with Crippen molar-refractivity contribution in [3.05, 3.63) is 16.4 Å². The van der Waals surface area contributed by atoms with Gasteiger partial charge in [0.1, 0.15) is 5.82 Å². The third-order valence-corrected chi connectivity index (χ3v) is 1.37. The Labute approximate surface area is 75.1 Å². The van der Waals surface area contributed by atoms with Crippen molar-refractivity contribution >= 4 is 11.8 Å². The van der Waals surface area contributed by atoms with Crippen molar-refractivity contribution in [1.82, 2.24) is 9.97 Å². The summed E-state index contributed by atoms with van der Waals surface area (Å²) in [4.78, 5) is 17.1. The molecule has 0 aliphatic rings. The molecular weight excluding hydrogens is 172 g/mol. The van der Waals surface area contributed by atoms with E-state index < -0.39 is 0 Å². The molecule has 0 aromatic carbocycles. The van der Waals surface area contributed by atoms with Crippen LogP contribution in [0.5, 0.6) is 0 Å². The summed E-state index contributed by atoms with van der Waals surface area (Å²) < 4.78 is 4.82. The van der Waals surface area contributed by atoms with Gasteiger partial charge in [-0.05, 0) is 0 Å². The van der Waals surface area contributed by atoms with Gasteiger partial charge in [-0.2, -0.15) is 4.98 Å². The Balaban J connectivity index is 2.61. The first kappa shape index (κ1) is 9.53. The van der Waals surface area contributed by atoms with Crippen molar-refractivity contribution in [2.45, 2.75) is 0 Å². The standard InChI is InChI=1S/C7H12N4O2/c1-13-3-2-9-5-4-6(12)11-7(8)10-5/h4H,2-3H2,1H3,(H4,8,9,10,11,12). The number of nitrogens with two attached hydrogens (primary N) is 1. The molecule has 1 rings (SSSR count). The predicted molar refractivity (Wildman–Crippen MR) is 49.6 cm³/mol. The third kappa shape index (κ3) is 3.12. The minimum absolute atomic E-state index is 0.104. The molecule has 1 aromatic heterocycles. The normalized spacial score (nSPS) is 9.92. The molecule has 0 spiro atoms. The highest BCUT2D eigenvalue weighted by Gasteiger charge is 1.96. The van der Waals surface area contributed by atoms with Crippen LogP contribution >= 0.6 is 0 Å². The van der Waals surface area contributed by atoms with Crippen molar-refractivity contribution in [2.75, 3.05) is 31.3 Å². The second kappa shape index (κ2) is 4.46. The number of nitrogen functional groups attached to an aromatic ring is 1. The van der Waals surface area contributed by atoms with Gasteiger partial charge in [0.2, 0.25) is 5.95 Å². The lowest BCUT2D eigenvalue weighted by Gasteiger charge is -2.03. The van der Waals surface area contributed by atoms with Gasteiger partial charge in [0.25, 0.3) is 5.56 Å². The van der Waals surface area contributed by atoms with Gasteiger partial charge >= 0.3 is 0 Å². The minimum Gasteiger partial charge on any atom is -0.383 e. The van der Waals surface area contributed by atoms with E-state index in [-0.39, 0.29) is 11.5 Å². The number of hydrogen-bond acceptors (Lipinski definition) is 5. The Bertz CT molecular complexity index is 323. The number of anilines is 2. The average Bonchev–Trinajstić information content (AvgIpc) is 2.03. The van der Waals surface area contributed by atoms with Gasteiger partial charge in [0.15, 0.2) is 0 Å². The molecule has 0 aliphatic carbocycles. The van der Waals surface area contributed by atoms with E-state index in [0.717, 1.165) is 0 Å². The molecule has 6 nitrogen and oxygen atoms in total. The van der Waals surface area contributed by atoms with Crippen molar-refractivity contribution in [1.29, 1.82) is 0 Å². The summed E-state index contributed by atoms with van der Waals surface area (Å²) in [6.45, 7) is 1.14. The second-order valence-electron chi connectivity index (χ2n) is 2.44. The fourth-order valence-corrected chi connectivity index (χ4v) is 0.848. The molecule has 0 fully saturated rings. The van der Waals surface area contributed by atoms with Crippen LogP contribution in [-0.4, -0.2) is 30.2 Å². The van der Waals surface area contributed by atoms with Gasteiger partial charge in [-0.3, -0.25) is 9.78 Å². The van der Waals surface area contributed by atoms with Crippen molar-refractivity contribution in [3.63, 3.8) is 0 Å². The van der Waals surface area contributed by atoms with Crippen LogP contribution in [0.2, 0.25) is 0 Å². The first-order valence-electron chi connectivity index (χ1n) is 3.82. The molecule has 0 saturated heterocycles. The molecule has 0 amide bonds. The van der Waals surface area contributed by atoms with E-state index in [9.17, 15) is 4.79 Å². The number of rotatable bonds is 4. The molecule has 0 unspecified atom stereocenters. The minimum atomic E-state index is -0.271. The summed E-state index contributed by atoms with van der Waals surface area (Å²) in [6, 6.07) is 1.34. The Morgan fingerprint density at radius 2 is 2.54 bits per heavy atom. The van der Waals surface area contributed by atoms with Crippen LogP contribution in [-0.2, 0) is 4.74 Å². The van der Waals surface area contributed by atoms with Gasteiger partial charge in [0.05, 0.1) is 6.61 Å². The lowest BCUT2D eigenvalue weighted by atomic mass is 10.5. The number of hydrogen-bond donors (Lipinski definition) is 3. The molecule has 0 atom stereocenters. The summed E-state index contributed by atoms with van der Waals surface area (Å²) in [5.41, 5.74) is 5.05. The number of aromatic nitrogens is 2. The lowest BCUT2D eigenvalue weighted by molar-refractivity contribution is 0.210. The predicted octanol–water partition coefficient (Wildman–Crippen LogP) is -0.590. The van der Waals surface area contributed by atoms with Crippen LogP contribution in [0.4, 0.5) is 11.8 Å². The van der Waals surface area contributed by atoms with Crippen LogP contribution in [0.15, 0.2) is 10.9 Å². The molecule has 0 radical (unpaired) electrons. The zero-order valence-corrected chi connectivity index (χ0v) is 7.33. The summed E-state index contributed by atoms with van der Waals surface area (Å²) in [5.74, 6) is 0.561. The molecule has 0 bridgehead atoms. The van der Waals surface area contributed by atoms with E-state index in [4.69, 9.17) is 10.5 Å². The van der Waals surface area contributed by atoms with Crippen molar-refractivity contribution < 1.29 is 4.74 Å². The highest BCUT2D eigenvalue weighted by Crippen LogP contribution is 1.97. The fourth-order valence-electron chi connectivity index (χ4n) is 0.848. The second-order valence-corrected chi connectivity index (χ2v) is 2.44. The maximum absolute atomic E-state index is 10.9. The van der Waals surface area contributed by atoms with Gasteiger partial charge in [-0.15, -0.1) is 0 Å².